The topological polar surface area (TPSA) is 84.0 Å². The van der Waals surface area contributed by atoms with Gasteiger partial charge in [0.15, 0.2) is 5.84 Å². The molecule has 2 aromatic carbocycles. The average Bonchev–Trinajstić information content (AvgIpc) is 2.61. The first kappa shape index (κ1) is 15.8. The predicted molar refractivity (Wildman–Crippen MR) is 94.4 cm³/mol. The Kier molecular flexibility index (Phi) is 4.62. The zero-order valence-electron chi connectivity index (χ0n) is 12.7. The second-order valence-electron chi connectivity index (χ2n) is 4.87. The molecule has 24 heavy (non-hydrogen) atoms. The van der Waals surface area contributed by atoms with Crippen LogP contribution in [0.25, 0.3) is 10.9 Å². The summed E-state index contributed by atoms with van der Waals surface area (Å²) in [5, 5.41) is 13.1. The SMILES string of the molecule is C/C(N=Nc1ccc(Cl)cc1)=N\Nn1cnc2ccccc2c1=O. The van der Waals surface area contributed by atoms with Crippen molar-refractivity contribution in [1.29, 1.82) is 0 Å². The summed E-state index contributed by atoms with van der Waals surface area (Å²) in [6.45, 7) is 1.66. The average molecular weight is 341 g/mol. The fourth-order valence-electron chi connectivity index (χ4n) is 1.93. The molecule has 0 aliphatic heterocycles. The van der Waals surface area contributed by atoms with Crippen LogP contribution in [0, 0.1) is 0 Å². The molecule has 1 N–H and O–H groups in total. The number of fused-ring (bicyclic) bond motifs is 1. The highest BCUT2D eigenvalue weighted by atomic mass is 35.5. The van der Waals surface area contributed by atoms with E-state index in [1.165, 1.54) is 11.0 Å². The minimum absolute atomic E-state index is 0.244. The summed E-state index contributed by atoms with van der Waals surface area (Å²) in [5.41, 5.74) is 3.64. The molecule has 7 nitrogen and oxygen atoms in total. The number of aromatic nitrogens is 2. The van der Waals surface area contributed by atoms with Gasteiger partial charge in [-0.05, 0) is 43.3 Å². The molecule has 0 unspecified atom stereocenters. The molecule has 0 fully saturated rings. The van der Waals surface area contributed by atoms with E-state index in [2.05, 4.69) is 25.8 Å². The number of halogens is 1. The van der Waals surface area contributed by atoms with Crippen LogP contribution < -0.4 is 11.1 Å². The molecule has 3 aromatic rings. The lowest BCUT2D eigenvalue weighted by Gasteiger charge is -2.04. The molecular formula is C16H13ClN6O. The summed E-state index contributed by atoms with van der Waals surface area (Å²) in [4.78, 5) is 16.5. The van der Waals surface area contributed by atoms with E-state index in [-0.39, 0.29) is 5.56 Å². The predicted octanol–water partition coefficient (Wildman–Crippen LogP) is 3.71. The van der Waals surface area contributed by atoms with Crippen LogP contribution in [0.4, 0.5) is 5.69 Å². The maximum Gasteiger partial charge on any atom is 0.281 e. The Balaban J connectivity index is 1.76. The van der Waals surface area contributed by atoms with Gasteiger partial charge in [-0.1, -0.05) is 23.7 Å². The number of hydrazone groups is 1. The molecule has 120 valence electrons. The van der Waals surface area contributed by atoms with Gasteiger partial charge in [-0.2, -0.15) is 4.68 Å². The largest absolute Gasteiger partial charge is 0.281 e. The summed E-state index contributed by atoms with van der Waals surface area (Å²) in [6, 6.07) is 14.0. The van der Waals surface area contributed by atoms with Crippen molar-refractivity contribution in [3.8, 4) is 0 Å². The van der Waals surface area contributed by atoms with E-state index >= 15 is 0 Å². The molecule has 0 saturated heterocycles. The normalized spacial score (nSPS) is 12.0. The molecule has 1 aromatic heterocycles. The minimum Gasteiger partial charge on any atom is -0.267 e. The Morgan fingerprint density at radius 3 is 2.71 bits per heavy atom. The molecule has 0 saturated carbocycles. The van der Waals surface area contributed by atoms with Gasteiger partial charge in [0.05, 0.1) is 16.6 Å². The maximum absolute atomic E-state index is 12.3. The Bertz CT molecular complexity index is 978. The fourth-order valence-corrected chi connectivity index (χ4v) is 2.05. The van der Waals surface area contributed by atoms with E-state index in [1.807, 2.05) is 6.07 Å². The number of nitrogens with one attached hydrogen (secondary N) is 1. The van der Waals surface area contributed by atoms with Gasteiger partial charge < -0.3 is 0 Å². The Labute approximate surface area is 142 Å². The first-order chi connectivity index (χ1) is 11.6. The highest BCUT2D eigenvalue weighted by Crippen LogP contribution is 2.16. The Morgan fingerprint density at radius 1 is 1.17 bits per heavy atom. The standard InChI is InChI=1S/C16H13ClN6O/c1-11(19-21-13-8-6-12(17)7-9-13)20-22-23-10-18-15-5-3-2-4-14(15)16(23)24/h2-10,22H,1H3/b20-11+,21-19?. The van der Waals surface area contributed by atoms with Gasteiger partial charge >= 0.3 is 0 Å². The number of amidine groups is 1. The van der Waals surface area contributed by atoms with Gasteiger partial charge in [0, 0.05) is 5.02 Å². The second kappa shape index (κ2) is 7.01. The highest BCUT2D eigenvalue weighted by Gasteiger charge is 2.02. The third-order valence-corrected chi connectivity index (χ3v) is 3.37. The molecule has 0 aliphatic rings. The van der Waals surface area contributed by atoms with Gasteiger partial charge in [0.1, 0.15) is 6.33 Å². The van der Waals surface area contributed by atoms with Gasteiger partial charge in [0.25, 0.3) is 5.56 Å². The first-order valence-electron chi connectivity index (χ1n) is 7.07. The molecule has 3 rings (SSSR count). The van der Waals surface area contributed by atoms with Crippen molar-refractivity contribution in [3.63, 3.8) is 0 Å². The van der Waals surface area contributed by atoms with E-state index in [0.717, 1.165) is 0 Å². The van der Waals surface area contributed by atoms with Crippen LogP contribution in [0.15, 0.2) is 75.0 Å². The third kappa shape index (κ3) is 3.64. The smallest absolute Gasteiger partial charge is 0.267 e. The zero-order chi connectivity index (χ0) is 16.9. The van der Waals surface area contributed by atoms with E-state index in [9.17, 15) is 4.79 Å². The van der Waals surface area contributed by atoms with E-state index in [0.29, 0.717) is 27.4 Å². The van der Waals surface area contributed by atoms with Gasteiger partial charge in [-0.25, -0.2) is 10.5 Å². The number of hydrogen-bond acceptors (Lipinski definition) is 5. The van der Waals surface area contributed by atoms with Crippen molar-refractivity contribution in [3.05, 3.63) is 70.2 Å². The molecule has 0 bridgehead atoms. The monoisotopic (exact) mass is 340 g/mol. The van der Waals surface area contributed by atoms with Crippen LogP contribution in [0.1, 0.15) is 6.92 Å². The molecule has 0 radical (unpaired) electrons. The summed E-state index contributed by atoms with van der Waals surface area (Å²) >= 11 is 5.80. The molecule has 8 heteroatoms. The number of benzene rings is 2. The van der Waals surface area contributed by atoms with Crippen LogP contribution in [0.3, 0.4) is 0 Å². The zero-order valence-corrected chi connectivity index (χ0v) is 13.5. The maximum atomic E-state index is 12.3. The van der Waals surface area contributed by atoms with E-state index in [4.69, 9.17) is 11.6 Å². The minimum atomic E-state index is -0.244. The summed E-state index contributed by atoms with van der Waals surface area (Å²) in [6.07, 6.45) is 1.37. The first-order valence-corrected chi connectivity index (χ1v) is 7.45. The number of hydrogen-bond donors (Lipinski definition) is 1. The summed E-state index contributed by atoms with van der Waals surface area (Å²) < 4.78 is 1.18. The van der Waals surface area contributed by atoms with Crippen molar-refractivity contribution in [2.45, 2.75) is 6.92 Å². The molecule has 0 spiro atoms. The van der Waals surface area contributed by atoms with Crippen molar-refractivity contribution < 1.29 is 0 Å². The van der Waals surface area contributed by atoms with E-state index < -0.39 is 0 Å². The number of azo groups is 1. The molecule has 0 atom stereocenters. The Hall–Kier alpha value is -3.06. The molecular weight excluding hydrogens is 328 g/mol. The van der Waals surface area contributed by atoms with Crippen LogP contribution in [0.5, 0.6) is 0 Å². The molecule has 0 aliphatic carbocycles. The number of para-hydroxylation sites is 1. The molecule has 0 amide bonds. The van der Waals surface area contributed by atoms with Crippen LogP contribution >= 0.6 is 11.6 Å². The molecule has 1 heterocycles. The lowest BCUT2D eigenvalue weighted by atomic mass is 10.2. The van der Waals surface area contributed by atoms with Crippen molar-refractivity contribution in [2.24, 2.45) is 15.3 Å². The van der Waals surface area contributed by atoms with Gasteiger partial charge in [-0.15, -0.1) is 15.3 Å². The van der Waals surface area contributed by atoms with Crippen LogP contribution in [0.2, 0.25) is 5.02 Å². The number of nitrogens with zero attached hydrogens (tertiary/aromatic N) is 5. The second-order valence-corrected chi connectivity index (χ2v) is 5.31. The van der Waals surface area contributed by atoms with Crippen LogP contribution in [-0.2, 0) is 0 Å². The van der Waals surface area contributed by atoms with Crippen molar-refractivity contribution >= 4 is 34.0 Å². The third-order valence-electron chi connectivity index (χ3n) is 3.12. The lowest BCUT2D eigenvalue weighted by molar-refractivity contribution is 0.819. The van der Waals surface area contributed by atoms with Crippen molar-refractivity contribution in [2.75, 3.05) is 5.53 Å². The van der Waals surface area contributed by atoms with E-state index in [1.54, 1.807) is 49.4 Å². The quantitative estimate of drug-likeness (QED) is 0.341. The lowest BCUT2D eigenvalue weighted by Crippen LogP contribution is -2.26. The summed E-state index contributed by atoms with van der Waals surface area (Å²) in [5.74, 6) is 0.352. The highest BCUT2D eigenvalue weighted by molar-refractivity contribution is 6.30. The fraction of sp³-hybridized carbons (Fsp3) is 0.0625. The van der Waals surface area contributed by atoms with Gasteiger partial charge in [-0.3, -0.25) is 4.79 Å². The number of rotatable bonds is 3. The Morgan fingerprint density at radius 2 is 1.92 bits per heavy atom. The van der Waals surface area contributed by atoms with Crippen molar-refractivity contribution in [1.82, 2.24) is 9.66 Å². The summed E-state index contributed by atoms with van der Waals surface area (Å²) in [7, 11) is 0. The van der Waals surface area contributed by atoms with Crippen LogP contribution in [-0.4, -0.2) is 15.5 Å². The van der Waals surface area contributed by atoms with Gasteiger partial charge in [0.2, 0.25) is 0 Å².